The molecule has 0 N–H and O–H groups in total. The highest BCUT2D eigenvalue weighted by molar-refractivity contribution is 7.72. The molecule has 0 spiro atoms. The van der Waals surface area contributed by atoms with Gasteiger partial charge in [0.1, 0.15) is 7.14 Å². The molecule has 1 saturated heterocycles. The van der Waals surface area contributed by atoms with Gasteiger partial charge >= 0.3 is 0 Å². The van der Waals surface area contributed by atoms with E-state index in [0.717, 1.165) is 23.3 Å². The minimum absolute atomic E-state index is 0.474. The lowest BCUT2D eigenvalue weighted by Gasteiger charge is -2.32. The summed E-state index contributed by atoms with van der Waals surface area (Å²) in [4.78, 5) is 0. The van der Waals surface area contributed by atoms with Gasteiger partial charge < -0.3 is 4.57 Å². The van der Waals surface area contributed by atoms with Gasteiger partial charge in [-0.25, -0.2) is 0 Å². The lowest BCUT2D eigenvalue weighted by Crippen LogP contribution is -2.26. The Hall–Kier alpha value is -0.550. The van der Waals surface area contributed by atoms with Crippen molar-refractivity contribution in [2.45, 2.75) is 38.8 Å². The quantitative estimate of drug-likeness (QED) is 0.741. The highest BCUT2D eigenvalue weighted by atomic mass is 31.2. The van der Waals surface area contributed by atoms with E-state index in [1.807, 2.05) is 18.2 Å². The predicted octanol–water partition coefficient (Wildman–Crippen LogP) is 4.13. The minimum atomic E-state index is -2.12. The Kier molecular flexibility index (Phi) is 2.41. The summed E-state index contributed by atoms with van der Waals surface area (Å²) in [6.45, 7) is 4.82. The van der Waals surface area contributed by atoms with Crippen molar-refractivity contribution in [2.75, 3.05) is 6.16 Å². The normalized spacial score (nSPS) is 46.4. The summed E-state index contributed by atoms with van der Waals surface area (Å²) in [5.74, 6) is 2.26. The highest BCUT2D eigenvalue weighted by Crippen LogP contribution is 2.74. The number of rotatable bonds is 2. The van der Waals surface area contributed by atoms with Crippen LogP contribution in [0.4, 0.5) is 0 Å². The average molecular weight is 274 g/mol. The minimum Gasteiger partial charge on any atom is -0.318 e. The van der Waals surface area contributed by atoms with E-state index in [4.69, 9.17) is 0 Å². The molecule has 102 valence electrons. The molecule has 3 fully saturated rings. The van der Waals surface area contributed by atoms with Gasteiger partial charge in [0, 0.05) is 17.1 Å². The Labute approximate surface area is 116 Å². The van der Waals surface area contributed by atoms with Crippen LogP contribution in [0, 0.1) is 23.2 Å². The summed E-state index contributed by atoms with van der Waals surface area (Å²) in [7, 11) is -2.12. The van der Waals surface area contributed by atoms with Crippen LogP contribution >= 0.6 is 7.14 Å². The summed E-state index contributed by atoms with van der Waals surface area (Å²) < 4.78 is 13.5. The summed E-state index contributed by atoms with van der Waals surface area (Å²) in [6.07, 6.45) is 5.03. The maximum Gasteiger partial charge on any atom is 0.119 e. The van der Waals surface area contributed by atoms with E-state index in [0.29, 0.717) is 17.0 Å². The molecule has 1 aromatic rings. The first-order valence-electron chi connectivity index (χ1n) is 7.69. The molecule has 1 heterocycles. The van der Waals surface area contributed by atoms with E-state index in [1.54, 1.807) is 0 Å². The first-order chi connectivity index (χ1) is 9.05. The molecule has 0 amide bonds. The Morgan fingerprint density at radius 1 is 1.21 bits per heavy atom. The number of fused-ring (bicyclic) bond motifs is 2. The van der Waals surface area contributed by atoms with Gasteiger partial charge in [-0.05, 0) is 42.4 Å². The van der Waals surface area contributed by atoms with Crippen LogP contribution in [0.2, 0.25) is 0 Å². The first-order valence-corrected chi connectivity index (χ1v) is 9.65. The third kappa shape index (κ3) is 1.57. The fourth-order valence-electron chi connectivity index (χ4n) is 4.94. The number of benzene rings is 1. The molecule has 3 aliphatic rings. The summed E-state index contributed by atoms with van der Waals surface area (Å²) in [5.41, 5.74) is 1.08. The van der Waals surface area contributed by atoms with E-state index in [2.05, 4.69) is 26.0 Å². The van der Waals surface area contributed by atoms with Gasteiger partial charge in [-0.2, -0.15) is 0 Å². The molecule has 5 atom stereocenters. The van der Waals surface area contributed by atoms with Crippen LogP contribution in [-0.4, -0.2) is 11.8 Å². The van der Waals surface area contributed by atoms with Gasteiger partial charge in [-0.3, -0.25) is 0 Å². The molecule has 1 aliphatic heterocycles. The van der Waals surface area contributed by atoms with Gasteiger partial charge in [0.25, 0.3) is 0 Å². The lowest BCUT2D eigenvalue weighted by molar-refractivity contribution is 0.251. The second-order valence-electron chi connectivity index (χ2n) is 7.40. The number of hydrogen-bond donors (Lipinski definition) is 0. The summed E-state index contributed by atoms with van der Waals surface area (Å²) in [6, 6.07) is 10.3. The van der Waals surface area contributed by atoms with Crippen molar-refractivity contribution in [2.24, 2.45) is 23.2 Å². The van der Waals surface area contributed by atoms with E-state index >= 15 is 0 Å². The number of hydrogen-bond acceptors (Lipinski definition) is 1. The summed E-state index contributed by atoms with van der Waals surface area (Å²) in [5, 5.41) is 1.15. The van der Waals surface area contributed by atoms with Crippen LogP contribution in [0.5, 0.6) is 0 Å². The molecule has 0 radical (unpaired) electrons. The van der Waals surface area contributed by atoms with Crippen LogP contribution in [0.3, 0.4) is 0 Å². The molecule has 2 aliphatic carbocycles. The van der Waals surface area contributed by atoms with Crippen molar-refractivity contribution >= 4 is 12.4 Å². The molecular formula is C17H23OP. The van der Waals surface area contributed by atoms with Crippen molar-refractivity contribution in [3.05, 3.63) is 30.3 Å². The Bertz CT molecular complexity index is 546. The zero-order chi connectivity index (χ0) is 13.3. The molecule has 5 unspecified atom stereocenters. The van der Waals surface area contributed by atoms with Gasteiger partial charge in [0.2, 0.25) is 0 Å². The third-order valence-electron chi connectivity index (χ3n) is 6.44. The Morgan fingerprint density at radius 3 is 2.42 bits per heavy atom. The fraction of sp³-hybridized carbons (Fsp3) is 0.647. The molecular weight excluding hydrogens is 251 g/mol. The van der Waals surface area contributed by atoms with Gasteiger partial charge in [-0.1, -0.05) is 44.2 Å². The molecule has 4 rings (SSSR count). The van der Waals surface area contributed by atoms with Crippen molar-refractivity contribution in [1.29, 1.82) is 0 Å². The van der Waals surface area contributed by atoms with Crippen LogP contribution in [0.1, 0.15) is 33.1 Å². The standard InChI is InChI=1S/C17H23OP/c1-12-14-11-19(18,13-6-4-3-5-7-13)16(12)10-15(14)17(2)8-9-17/h3-7,12,14-16H,8-11H2,1-2H3. The van der Waals surface area contributed by atoms with Gasteiger partial charge in [0.15, 0.2) is 0 Å². The fourth-order valence-corrected chi connectivity index (χ4v) is 9.24. The first kappa shape index (κ1) is 12.2. The van der Waals surface area contributed by atoms with Gasteiger partial charge in [-0.15, -0.1) is 0 Å². The Morgan fingerprint density at radius 2 is 1.89 bits per heavy atom. The van der Waals surface area contributed by atoms with Crippen LogP contribution < -0.4 is 5.30 Å². The monoisotopic (exact) mass is 274 g/mol. The van der Waals surface area contributed by atoms with Gasteiger partial charge in [0.05, 0.1) is 0 Å². The van der Waals surface area contributed by atoms with Crippen molar-refractivity contribution < 1.29 is 4.57 Å². The smallest absolute Gasteiger partial charge is 0.119 e. The maximum atomic E-state index is 13.5. The SMILES string of the molecule is CC1C2CP(=O)(c3ccccc3)C1CC2C1(C)CC1. The van der Waals surface area contributed by atoms with Crippen LogP contribution in [0.25, 0.3) is 0 Å². The average Bonchev–Trinajstić information content (AvgIpc) is 3.02. The van der Waals surface area contributed by atoms with E-state index in [-0.39, 0.29) is 0 Å². The zero-order valence-electron chi connectivity index (χ0n) is 11.9. The molecule has 19 heavy (non-hydrogen) atoms. The topological polar surface area (TPSA) is 17.1 Å². The molecule has 1 aromatic carbocycles. The Balaban J connectivity index is 1.69. The predicted molar refractivity (Wildman–Crippen MR) is 80.4 cm³/mol. The van der Waals surface area contributed by atoms with Crippen LogP contribution in [-0.2, 0) is 4.57 Å². The van der Waals surface area contributed by atoms with Crippen molar-refractivity contribution in [1.82, 2.24) is 0 Å². The third-order valence-corrected chi connectivity index (χ3v) is 10.3. The van der Waals surface area contributed by atoms with E-state index in [9.17, 15) is 4.57 Å². The second-order valence-corrected chi connectivity index (χ2v) is 10.5. The van der Waals surface area contributed by atoms with E-state index in [1.165, 1.54) is 19.3 Å². The zero-order valence-corrected chi connectivity index (χ0v) is 12.8. The lowest BCUT2D eigenvalue weighted by atomic mass is 9.81. The molecule has 1 nitrogen and oxygen atoms in total. The van der Waals surface area contributed by atoms with Crippen LogP contribution in [0.15, 0.2) is 30.3 Å². The van der Waals surface area contributed by atoms with Crippen molar-refractivity contribution in [3.63, 3.8) is 0 Å². The maximum absolute atomic E-state index is 13.5. The molecule has 2 heteroatoms. The second kappa shape index (κ2) is 3.76. The molecule has 2 bridgehead atoms. The largest absolute Gasteiger partial charge is 0.318 e. The molecule has 0 aromatic heterocycles. The molecule has 2 saturated carbocycles. The van der Waals surface area contributed by atoms with Crippen molar-refractivity contribution in [3.8, 4) is 0 Å². The highest BCUT2D eigenvalue weighted by Gasteiger charge is 2.63. The van der Waals surface area contributed by atoms with E-state index < -0.39 is 7.14 Å². The summed E-state index contributed by atoms with van der Waals surface area (Å²) >= 11 is 0.